The molecule has 2 aromatic carbocycles. The highest BCUT2D eigenvalue weighted by Crippen LogP contribution is 2.32. The SMILES string of the molecule is CC(C)CCc1cc(C(C)C)c(C=O)n1Cc1ccc(-c2ccccc2)c(-c2nn[nH]n2)c1. The molecule has 33 heavy (non-hydrogen) atoms. The molecule has 0 unspecified atom stereocenters. The molecule has 0 aliphatic rings. The Kier molecular flexibility index (Phi) is 6.82. The number of carbonyl (C=O) groups is 1. The second kappa shape index (κ2) is 9.94. The molecule has 2 aromatic heterocycles. The number of benzene rings is 2. The van der Waals surface area contributed by atoms with Gasteiger partial charge in [0.05, 0.1) is 5.69 Å². The van der Waals surface area contributed by atoms with Crippen LogP contribution < -0.4 is 0 Å². The monoisotopic (exact) mass is 441 g/mol. The summed E-state index contributed by atoms with van der Waals surface area (Å²) >= 11 is 0. The van der Waals surface area contributed by atoms with Crippen molar-refractivity contribution in [3.8, 4) is 22.5 Å². The Bertz CT molecular complexity index is 1210. The smallest absolute Gasteiger partial charge is 0.205 e. The lowest BCUT2D eigenvalue weighted by Crippen LogP contribution is -2.10. The Hall–Kier alpha value is -3.54. The maximum Gasteiger partial charge on any atom is 0.205 e. The van der Waals surface area contributed by atoms with Crippen LogP contribution in [0.1, 0.15) is 67.3 Å². The lowest BCUT2D eigenvalue weighted by atomic mass is 9.97. The number of tetrazole rings is 1. The van der Waals surface area contributed by atoms with Crippen LogP contribution in [0.15, 0.2) is 54.6 Å². The zero-order chi connectivity index (χ0) is 23.4. The van der Waals surface area contributed by atoms with Gasteiger partial charge in [0.15, 0.2) is 6.29 Å². The van der Waals surface area contributed by atoms with E-state index >= 15 is 0 Å². The van der Waals surface area contributed by atoms with Crippen LogP contribution in [0.3, 0.4) is 0 Å². The Balaban J connectivity index is 1.78. The zero-order valence-corrected chi connectivity index (χ0v) is 19.7. The number of carbonyl (C=O) groups excluding carboxylic acids is 1. The first-order chi connectivity index (χ1) is 16.0. The summed E-state index contributed by atoms with van der Waals surface area (Å²) in [5, 5.41) is 14.8. The normalized spacial score (nSPS) is 11.5. The predicted octanol–water partition coefficient (Wildman–Crippen LogP) is 5.91. The van der Waals surface area contributed by atoms with E-state index in [-0.39, 0.29) is 0 Å². The molecule has 0 saturated heterocycles. The van der Waals surface area contributed by atoms with E-state index in [0.717, 1.165) is 52.6 Å². The average Bonchev–Trinajstić information content (AvgIpc) is 3.46. The third-order valence-corrected chi connectivity index (χ3v) is 6.06. The molecule has 0 saturated carbocycles. The van der Waals surface area contributed by atoms with Crippen LogP contribution in [0.5, 0.6) is 0 Å². The minimum atomic E-state index is 0.291. The molecule has 0 spiro atoms. The summed E-state index contributed by atoms with van der Waals surface area (Å²) in [6, 6.07) is 18.8. The van der Waals surface area contributed by atoms with E-state index in [2.05, 4.69) is 89.3 Å². The highest BCUT2D eigenvalue weighted by molar-refractivity contribution is 5.81. The van der Waals surface area contributed by atoms with E-state index in [9.17, 15) is 4.79 Å². The summed E-state index contributed by atoms with van der Waals surface area (Å²) in [7, 11) is 0. The fourth-order valence-electron chi connectivity index (χ4n) is 4.27. The summed E-state index contributed by atoms with van der Waals surface area (Å²) in [6.45, 7) is 9.37. The van der Waals surface area contributed by atoms with Crippen molar-refractivity contribution in [2.24, 2.45) is 5.92 Å². The fraction of sp³-hybridized carbons (Fsp3) is 0.333. The predicted molar refractivity (Wildman–Crippen MR) is 131 cm³/mol. The second-order valence-electron chi connectivity index (χ2n) is 9.25. The summed E-state index contributed by atoms with van der Waals surface area (Å²) in [5.41, 5.74) is 7.25. The summed E-state index contributed by atoms with van der Waals surface area (Å²) in [5.74, 6) is 1.45. The molecular weight excluding hydrogens is 410 g/mol. The number of nitrogens with zero attached hydrogens (tertiary/aromatic N) is 4. The first kappa shape index (κ1) is 22.6. The van der Waals surface area contributed by atoms with Gasteiger partial charge in [-0.3, -0.25) is 4.79 Å². The second-order valence-corrected chi connectivity index (χ2v) is 9.25. The third-order valence-electron chi connectivity index (χ3n) is 6.06. The molecule has 1 N–H and O–H groups in total. The van der Waals surface area contributed by atoms with Crippen molar-refractivity contribution in [2.75, 3.05) is 0 Å². The Morgan fingerprint density at radius 2 is 1.79 bits per heavy atom. The van der Waals surface area contributed by atoms with Crippen molar-refractivity contribution < 1.29 is 4.79 Å². The van der Waals surface area contributed by atoms with Crippen molar-refractivity contribution in [2.45, 2.75) is 53.0 Å². The van der Waals surface area contributed by atoms with Crippen molar-refractivity contribution in [3.05, 3.63) is 77.1 Å². The minimum Gasteiger partial charge on any atom is -0.338 e. The molecule has 0 amide bonds. The van der Waals surface area contributed by atoms with Gasteiger partial charge in [-0.1, -0.05) is 70.2 Å². The van der Waals surface area contributed by atoms with Crippen molar-refractivity contribution in [3.63, 3.8) is 0 Å². The van der Waals surface area contributed by atoms with Crippen molar-refractivity contribution in [1.29, 1.82) is 0 Å². The molecule has 6 heteroatoms. The largest absolute Gasteiger partial charge is 0.338 e. The summed E-state index contributed by atoms with van der Waals surface area (Å²) < 4.78 is 2.18. The highest BCUT2D eigenvalue weighted by Gasteiger charge is 2.19. The van der Waals surface area contributed by atoms with Crippen LogP contribution in [0, 0.1) is 5.92 Å². The molecule has 0 atom stereocenters. The number of aromatic amines is 1. The van der Waals surface area contributed by atoms with Gasteiger partial charge in [0.2, 0.25) is 5.82 Å². The van der Waals surface area contributed by atoms with Crippen LogP contribution in [0.2, 0.25) is 0 Å². The lowest BCUT2D eigenvalue weighted by molar-refractivity contribution is 0.111. The van der Waals surface area contributed by atoms with Gasteiger partial charge < -0.3 is 4.57 Å². The van der Waals surface area contributed by atoms with E-state index in [0.29, 0.717) is 24.2 Å². The van der Waals surface area contributed by atoms with Crippen molar-refractivity contribution in [1.82, 2.24) is 25.2 Å². The average molecular weight is 442 g/mol. The number of hydrogen-bond donors (Lipinski definition) is 1. The van der Waals surface area contributed by atoms with Crippen LogP contribution in [0.25, 0.3) is 22.5 Å². The standard InChI is InChI=1S/C27H31N5O/c1-18(2)10-12-22-15-24(19(3)4)26(17-33)32(22)16-20-11-13-23(21-8-6-5-7-9-21)25(14-20)27-28-30-31-29-27/h5-9,11,13-15,17-19H,10,12,16H2,1-4H3,(H,28,29,30,31). The molecule has 4 rings (SSSR count). The first-order valence-electron chi connectivity index (χ1n) is 11.6. The van der Waals surface area contributed by atoms with E-state index in [1.807, 2.05) is 18.2 Å². The van der Waals surface area contributed by atoms with Crippen molar-refractivity contribution >= 4 is 6.29 Å². The number of aldehydes is 1. The summed E-state index contributed by atoms with van der Waals surface area (Å²) in [6.07, 6.45) is 3.04. The number of nitrogens with one attached hydrogen (secondary N) is 1. The van der Waals surface area contributed by atoms with Gasteiger partial charge in [-0.25, -0.2) is 0 Å². The lowest BCUT2D eigenvalue weighted by Gasteiger charge is -2.15. The third kappa shape index (κ3) is 4.95. The number of hydrogen-bond acceptors (Lipinski definition) is 4. The molecule has 0 radical (unpaired) electrons. The molecule has 2 heterocycles. The number of aryl methyl sites for hydroxylation is 1. The van der Waals surface area contributed by atoms with Crippen LogP contribution in [0.4, 0.5) is 0 Å². The molecule has 170 valence electrons. The topological polar surface area (TPSA) is 76.5 Å². The summed E-state index contributed by atoms with van der Waals surface area (Å²) in [4.78, 5) is 12.1. The van der Waals surface area contributed by atoms with Gasteiger partial charge >= 0.3 is 0 Å². The highest BCUT2D eigenvalue weighted by atomic mass is 16.1. The van der Waals surface area contributed by atoms with Gasteiger partial charge in [0.1, 0.15) is 0 Å². The minimum absolute atomic E-state index is 0.291. The maximum absolute atomic E-state index is 12.1. The quantitative estimate of drug-likeness (QED) is 0.328. The maximum atomic E-state index is 12.1. The van der Waals surface area contributed by atoms with E-state index in [1.54, 1.807) is 0 Å². The van der Waals surface area contributed by atoms with Crippen LogP contribution in [-0.4, -0.2) is 31.5 Å². The molecule has 0 aliphatic heterocycles. The Morgan fingerprint density at radius 3 is 2.42 bits per heavy atom. The van der Waals surface area contributed by atoms with E-state index < -0.39 is 0 Å². The van der Waals surface area contributed by atoms with E-state index in [4.69, 9.17) is 0 Å². The fourth-order valence-corrected chi connectivity index (χ4v) is 4.27. The first-order valence-corrected chi connectivity index (χ1v) is 11.6. The van der Waals surface area contributed by atoms with Gasteiger partial charge in [-0.05, 0) is 64.3 Å². The zero-order valence-electron chi connectivity index (χ0n) is 19.7. The molecule has 6 nitrogen and oxygen atoms in total. The van der Waals surface area contributed by atoms with Gasteiger partial charge in [0.25, 0.3) is 0 Å². The molecule has 4 aromatic rings. The number of aromatic nitrogens is 5. The van der Waals surface area contributed by atoms with Gasteiger partial charge in [-0.2, -0.15) is 5.21 Å². The van der Waals surface area contributed by atoms with E-state index in [1.165, 1.54) is 5.69 Å². The van der Waals surface area contributed by atoms with Crippen LogP contribution >= 0.6 is 0 Å². The molecule has 0 fully saturated rings. The van der Waals surface area contributed by atoms with Gasteiger partial charge in [0, 0.05) is 17.8 Å². The molecule has 0 aliphatic carbocycles. The van der Waals surface area contributed by atoms with Gasteiger partial charge in [-0.15, -0.1) is 10.2 Å². The number of rotatable bonds is 9. The Labute approximate surface area is 195 Å². The molecule has 0 bridgehead atoms. The number of H-pyrrole nitrogens is 1. The molecular formula is C27H31N5O. The Morgan fingerprint density at radius 1 is 1.00 bits per heavy atom. The van der Waals surface area contributed by atoms with Crippen LogP contribution in [-0.2, 0) is 13.0 Å².